The molecule has 0 radical (unpaired) electrons. The number of rotatable bonds is 7. The Hall–Kier alpha value is -3.03. The molecule has 0 aliphatic carbocycles. The van der Waals surface area contributed by atoms with Crippen molar-refractivity contribution in [2.45, 2.75) is 44.6 Å². The number of ether oxygens (including phenoxy) is 2. The van der Waals surface area contributed by atoms with Crippen molar-refractivity contribution in [3.05, 3.63) is 47.5 Å². The van der Waals surface area contributed by atoms with E-state index in [2.05, 4.69) is 65.0 Å². The van der Waals surface area contributed by atoms with Gasteiger partial charge in [-0.15, -0.1) is 0 Å². The second kappa shape index (κ2) is 11.4. The molecule has 0 spiro atoms. The number of nitrogens with one attached hydrogen (secondary N) is 1. The zero-order chi connectivity index (χ0) is 26.8. The number of carbonyl (C=O) groups is 1. The third-order valence-corrected chi connectivity index (χ3v) is 8.72. The number of hydrogen-bond acceptors (Lipinski definition) is 5. The third-order valence-electron chi connectivity index (χ3n) is 8.72. The van der Waals surface area contributed by atoms with Crippen LogP contribution in [0.15, 0.2) is 36.4 Å². The lowest BCUT2D eigenvalue weighted by Gasteiger charge is -2.37. The normalized spacial score (nSPS) is 17.9. The number of aromatic amines is 1. The van der Waals surface area contributed by atoms with E-state index >= 15 is 0 Å². The van der Waals surface area contributed by atoms with Crippen molar-refractivity contribution in [2.75, 3.05) is 61.0 Å². The number of aromatic nitrogens is 1. The molecule has 38 heavy (non-hydrogen) atoms. The van der Waals surface area contributed by atoms with Gasteiger partial charge < -0.3 is 24.3 Å². The van der Waals surface area contributed by atoms with E-state index in [0.29, 0.717) is 24.4 Å². The van der Waals surface area contributed by atoms with E-state index in [-0.39, 0.29) is 0 Å². The number of hydrogen-bond donors (Lipinski definition) is 1. The summed E-state index contributed by atoms with van der Waals surface area (Å²) in [6, 6.07) is 13.5. The summed E-state index contributed by atoms with van der Waals surface area (Å²) in [4.78, 5) is 23.4. The largest absolute Gasteiger partial charge is 0.493 e. The lowest BCUT2D eigenvalue weighted by molar-refractivity contribution is -0.133. The van der Waals surface area contributed by atoms with Gasteiger partial charge in [-0.1, -0.05) is 6.07 Å². The lowest BCUT2D eigenvalue weighted by Crippen LogP contribution is -2.48. The Morgan fingerprint density at radius 3 is 2.32 bits per heavy atom. The molecule has 2 aliphatic heterocycles. The molecule has 3 aromatic rings. The molecular weight excluding hydrogens is 476 g/mol. The Bertz CT molecular complexity index is 1270. The summed E-state index contributed by atoms with van der Waals surface area (Å²) in [5, 5.41) is 1.26. The second-order valence-electron chi connectivity index (χ2n) is 11.1. The Kier molecular flexibility index (Phi) is 7.96. The molecule has 0 unspecified atom stereocenters. The monoisotopic (exact) mass is 518 g/mol. The number of likely N-dealkylation sites (tertiary alicyclic amines) is 2. The van der Waals surface area contributed by atoms with E-state index < -0.39 is 0 Å². The van der Waals surface area contributed by atoms with Gasteiger partial charge in [0.05, 0.1) is 20.8 Å². The maximum Gasteiger partial charge on any atom is 0.236 e. The fourth-order valence-corrected chi connectivity index (χ4v) is 6.23. The zero-order valence-corrected chi connectivity index (χ0v) is 23.5. The SMILES string of the molecule is COc1ccc(-c2[nH]c3ccc(C4CCN(C(=O)CN5CCC(N(C)C)CC5)CC4)cc3c2C)cc1OC. The highest BCUT2D eigenvalue weighted by Gasteiger charge is 2.27. The van der Waals surface area contributed by atoms with E-state index in [1.54, 1.807) is 14.2 Å². The molecule has 204 valence electrons. The van der Waals surface area contributed by atoms with Crippen molar-refractivity contribution in [3.63, 3.8) is 0 Å². The lowest BCUT2D eigenvalue weighted by atomic mass is 9.88. The van der Waals surface area contributed by atoms with E-state index in [9.17, 15) is 4.79 Å². The minimum absolute atomic E-state index is 0.295. The standard InChI is InChI=1S/C31H42N4O3/c1-21-26-18-23(6-8-27(26)32-31(21)24-7-9-28(37-4)29(19-24)38-5)22-10-16-35(17-11-22)30(36)20-34-14-12-25(13-15-34)33(2)3/h6-9,18-19,22,25,32H,10-17,20H2,1-5H3. The van der Waals surface area contributed by atoms with Crippen LogP contribution >= 0.6 is 0 Å². The number of piperidine rings is 2. The summed E-state index contributed by atoms with van der Waals surface area (Å²) in [6.07, 6.45) is 4.34. The minimum atomic E-state index is 0.295. The Morgan fingerprint density at radius 2 is 1.66 bits per heavy atom. The fourth-order valence-electron chi connectivity index (χ4n) is 6.23. The van der Waals surface area contributed by atoms with Gasteiger partial charge in [-0.3, -0.25) is 9.69 Å². The molecule has 1 N–H and O–H groups in total. The first-order valence-corrected chi connectivity index (χ1v) is 13.9. The van der Waals surface area contributed by atoms with Gasteiger partial charge in [-0.05, 0) is 94.1 Å². The van der Waals surface area contributed by atoms with Crippen molar-refractivity contribution in [1.82, 2.24) is 19.7 Å². The molecule has 0 bridgehead atoms. The van der Waals surface area contributed by atoms with Crippen molar-refractivity contribution in [1.29, 1.82) is 0 Å². The zero-order valence-electron chi connectivity index (χ0n) is 23.5. The van der Waals surface area contributed by atoms with Gasteiger partial charge in [-0.25, -0.2) is 0 Å². The average molecular weight is 519 g/mol. The number of amides is 1. The fraction of sp³-hybridized carbons (Fsp3) is 0.516. The molecule has 2 fully saturated rings. The van der Waals surface area contributed by atoms with Crippen LogP contribution in [0.2, 0.25) is 0 Å². The molecular formula is C31H42N4O3. The Balaban J connectivity index is 1.23. The molecule has 1 amide bonds. The highest BCUT2D eigenvalue weighted by molar-refractivity contribution is 5.91. The van der Waals surface area contributed by atoms with Crippen molar-refractivity contribution < 1.29 is 14.3 Å². The van der Waals surface area contributed by atoms with Crippen molar-refractivity contribution in [3.8, 4) is 22.8 Å². The predicted molar refractivity (Wildman–Crippen MR) is 153 cm³/mol. The highest BCUT2D eigenvalue weighted by atomic mass is 16.5. The maximum absolute atomic E-state index is 13.0. The topological polar surface area (TPSA) is 61.0 Å². The van der Waals surface area contributed by atoms with Crippen LogP contribution in [0.4, 0.5) is 0 Å². The first-order chi connectivity index (χ1) is 18.4. The smallest absolute Gasteiger partial charge is 0.236 e. The van der Waals surface area contributed by atoms with Crippen LogP contribution < -0.4 is 9.47 Å². The van der Waals surface area contributed by atoms with Gasteiger partial charge in [0.25, 0.3) is 0 Å². The summed E-state index contributed by atoms with van der Waals surface area (Å²) in [7, 11) is 7.63. The minimum Gasteiger partial charge on any atom is -0.493 e. The highest BCUT2D eigenvalue weighted by Crippen LogP contribution is 2.37. The first kappa shape index (κ1) is 26.6. The molecule has 1 aromatic heterocycles. The van der Waals surface area contributed by atoms with Crippen LogP contribution in [-0.4, -0.2) is 92.7 Å². The van der Waals surface area contributed by atoms with Gasteiger partial charge in [0.15, 0.2) is 11.5 Å². The van der Waals surface area contributed by atoms with Gasteiger partial charge in [0, 0.05) is 54.4 Å². The third kappa shape index (κ3) is 5.40. The quantitative estimate of drug-likeness (QED) is 0.483. The summed E-state index contributed by atoms with van der Waals surface area (Å²) in [6.45, 7) is 6.48. The number of carbonyl (C=O) groups excluding carboxylic acids is 1. The summed E-state index contributed by atoms with van der Waals surface area (Å²) >= 11 is 0. The number of benzene rings is 2. The van der Waals surface area contributed by atoms with Crippen LogP contribution in [0.25, 0.3) is 22.2 Å². The summed E-state index contributed by atoms with van der Waals surface area (Å²) < 4.78 is 10.9. The van der Waals surface area contributed by atoms with Crippen LogP contribution in [0.3, 0.4) is 0 Å². The molecule has 7 heteroatoms. The van der Waals surface area contributed by atoms with Crippen molar-refractivity contribution >= 4 is 16.8 Å². The van der Waals surface area contributed by atoms with Gasteiger partial charge in [-0.2, -0.15) is 0 Å². The Labute approximate surface area is 226 Å². The van der Waals surface area contributed by atoms with Crippen molar-refractivity contribution in [2.24, 2.45) is 0 Å². The Morgan fingerprint density at radius 1 is 0.947 bits per heavy atom. The number of fused-ring (bicyclic) bond motifs is 1. The second-order valence-corrected chi connectivity index (χ2v) is 11.1. The maximum atomic E-state index is 13.0. The van der Waals surface area contributed by atoms with E-state index in [4.69, 9.17) is 9.47 Å². The van der Waals surface area contributed by atoms with Crippen LogP contribution in [0, 0.1) is 6.92 Å². The average Bonchev–Trinajstić information content (AvgIpc) is 3.28. The molecule has 0 atom stereocenters. The van der Waals surface area contributed by atoms with Gasteiger partial charge >= 0.3 is 0 Å². The van der Waals surface area contributed by atoms with Gasteiger partial charge in [0.2, 0.25) is 5.91 Å². The molecule has 3 heterocycles. The summed E-state index contributed by atoms with van der Waals surface area (Å²) in [5.74, 6) is 2.23. The molecule has 2 aliphatic rings. The van der Waals surface area contributed by atoms with Gasteiger partial charge in [0.1, 0.15) is 0 Å². The molecule has 2 aromatic carbocycles. The molecule has 7 nitrogen and oxygen atoms in total. The molecule has 0 saturated carbocycles. The number of methoxy groups -OCH3 is 2. The predicted octanol–water partition coefficient (Wildman–Crippen LogP) is 4.89. The van der Waals surface area contributed by atoms with Crippen LogP contribution in [-0.2, 0) is 4.79 Å². The number of nitrogens with zero attached hydrogens (tertiary/aromatic N) is 3. The molecule has 5 rings (SSSR count). The van der Waals surface area contributed by atoms with E-state index in [0.717, 1.165) is 80.1 Å². The molecule has 2 saturated heterocycles. The van der Waals surface area contributed by atoms with E-state index in [1.807, 2.05) is 12.1 Å². The summed E-state index contributed by atoms with van der Waals surface area (Å²) in [5.41, 5.74) is 5.93. The number of H-pyrrole nitrogens is 1. The number of aryl methyl sites for hydroxylation is 1. The van der Waals surface area contributed by atoms with Crippen LogP contribution in [0.1, 0.15) is 42.7 Å². The van der Waals surface area contributed by atoms with E-state index in [1.165, 1.54) is 16.5 Å². The first-order valence-electron chi connectivity index (χ1n) is 13.9. The van der Waals surface area contributed by atoms with Crippen LogP contribution in [0.5, 0.6) is 11.5 Å².